The van der Waals surface area contributed by atoms with Crippen molar-refractivity contribution in [2.45, 2.75) is 58.0 Å². The van der Waals surface area contributed by atoms with Gasteiger partial charge in [-0.05, 0) is 38.7 Å². The fraction of sp³-hybridized carbons (Fsp3) is 0.556. The second-order valence-corrected chi connectivity index (χ2v) is 11.1. The highest BCUT2D eigenvalue weighted by Gasteiger charge is 2.38. The van der Waals surface area contributed by atoms with Gasteiger partial charge in [-0.25, -0.2) is 4.79 Å². The van der Waals surface area contributed by atoms with Gasteiger partial charge in [0.05, 0.1) is 23.6 Å². The number of carboxylic acids is 1. The highest BCUT2D eigenvalue weighted by Crippen LogP contribution is 2.34. The zero-order valence-electron chi connectivity index (χ0n) is 23.3. The third-order valence-electron chi connectivity index (χ3n) is 7.54. The first kappa shape index (κ1) is 31.7. The zero-order valence-corrected chi connectivity index (χ0v) is 24.1. The van der Waals surface area contributed by atoms with Crippen molar-refractivity contribution in [2.75, 3.05) is 32.8 Å². The molecule has 1 amide bonds. The lowest BCUT2D eigenvalue weighted by Crippen LogP contribution is -2.57. The summed E-state index contributed by atoms with van der Waals surface area (Å²) >= 11 is 6.64. The predicted molar refractivity (Wildman–Crippen MR) is 148 cm³/mol. The number of carbonyl (C=O) groups excluding carboxylic acids is 1. The summed E-state index contributed by atoms with van der Waals surface area (Å²) < 4.78 is 45.2. The third kappa shape index (κ3) is 7.79. The van der Waals surface area contributed by atoms with Crippen molar-refractivity contribution < 1.29 is 37.1 Å². The van der Waals surface area contributed by atoms with E-state index >= 15 is 0 Å². The van der Waals surface area contributed by atoms with E-state index in [0.29, 0.717) is 24.2 Å². The first-order chi connectivity index (χ1) is 19.8. The molecule has 0 aliphatic carbocycles. The highest BCUT2D eigenvalue weighted by molar-refractivity contribution is 6.35. The van der Waals surface area contributed by atoms with Gasteiger partial charge in [0.1, 0.15) is 0 Å². The summed E-state index contributed by atoms with van der Waals surface area (Å²) in [7, 11) is 0. The van der Waals surface area contributed by atoms with E-state index in [1.807, 2.05) is 12.1 Å². The number of nitrogens with two attached hydrogens (primary N) is 1. The molecule has 0 spiro atoms. The van der Waals surface area contributed by atoms with Crippen LogP contribution in [0, 0.1) is 5.92 Å². The van der Waals surface area contributed by atoms with Crippen molar-refractivity contribution in [1.29, 1.82) is 0 Å². The highest BCUT2D eigenvalue weighted by atomic mass is 35.5. The number of primary amides is 1. The molecule has 1 aromatic carbocycles. The van der Waals surface area contributed by atoms with Crippen LogP contribution in [0.15, 0.2) is 28.9 Å². The van der Waals surface area contributed by atoms with E-state index in [9.17, 15) is 18.0 Å². The van der Waals surface area contributed by atoms with E-state index in [1.165, 1.54) is 0 Å². The van der Waals surface area contributed by atoms with Crippen LogP contribution in [0.1, 0.15) is 32.6 Å². The standard InChI is InChI=1S/C25H33ClN6O3.C2HF3O2/c1-16-11-31(17(2)10-30(16)14-22(27)33)15-23-28-25(29-35-23)20-13-32(12-18-6-8-34-9-7-18)24-19(20)4-3-5-21(24)26;3-2(4,5)1(6)7/h3-5,13,16-18H,6-12,14-15H2,1-2H3,(H2,27,33);(H,6,7)/t16-,17+;/m1./s1. The number of carbonyl (C=O) groups is 2. The van der Waals surface area contributed by atoms with Gasteiger partial charge in [0, 0.05) is 62.1 Å². The lowest BCUT2D eigenvalue weighted by Gasteiger charge is -2.43. The smallest absolute Gasteiger partial charge is 0.475 e. The van der Waals surface area contributed by atoms with Crippen LogP contribution in [0.4, 0.5) is 13.2 Å². The minimum Gasteiger partial charge on any atom is -0.475 e. The summed E-state index contributed by atoms with van der Waals surface area (Å²) in [5.74, 6) is -1.34. The molecule has 3 aromatic rings. The van der Waals surface area contributed by atoms with Crippen molar-refractivity contribution in [2.24, 2.45) is 11.7 Å². The Morgan fingerprint density at radius 2 is 1.79 bits per heavy atom. The molecule has 4 heterocycles. The fourth-order valence-corrected chi connectivity index (χ4v) is 5.64. The molecular weight excluding hydrogens is 581 g/mol. The Kier molecular flexibility index (Phi) is 10.1. The van der Waals surface area contributed by atoms with E-state index in [-0.39, 0.29) is 24.5 Å². The number of benzene rings is 1. The Balaban J connectivity index is 0.000000517. The van der Waals surface area contributed by atoms with Crippen LogP contribution in [-0.2, 0) is 27.4 Å². The van der Waals surface area contributed by atoms with E-state index in [2.05, 4.69) is 45.6 Å². The summed E-state index contributed by atoms with van der Waals surface area (Å²) in [5, 5.41) is 13.2. The van der Waals surface area contributed by atoms with Gasteiger partial charge in [-0.2, -0.15) is 18.2 Å². The van der Waals surface area contributed by atoms with Gasteiger partial charge in [-0.1, -0.05) is 28.9 Å². The van der Waals surface area contributed by atoms with Gasteiger partial charge < -0.3 is 24.7 Å². The normalized spacial score (nSPS) is 20.8. The number of halogens is 4. The number of hydrogen-bond donors (Lipinski definition) is 2. The summed E-state index contributed by atoms with van der Waals surface area (Å²) in [4.78, 5) is 29.5. The largest absolute Gasteiger partial charge is 0.490 e. The number of amides is 1. The Morgan fingerprint density at radius 1 is 1.14 bits per heavy atom. The quantitative estimate of drug-likeness (QED) is 0.407. The molecule has 230 valence electrons. The van der Waals surface area contributed by atoms with Gasteiger partial charge in [0.2, 0.25) is 17.6 Å². The molecule has 5 rings (SSSR count). The number of piperazine rings is 1. The minimum atomic E-state index is -5.08. The van der Waals surface area contributed by atoms with Gasteiger partial charge in [-0.3, -0.25) is 14.6 Å². The SMILES string of the molecule is C[C@@H]1CN(Cc2nc(-c3cn(CC4CCOCC4)c4c(Cl)cccc34)no2)[C@@H](C)CN1CC(N)=O.O=C(O)C(F)(F)F. The van der Waals surface area contributed by atoms with Crippen LogP contribution < -0.4 is 5.73 Å². The first-order valence-electron chi connectivity index (χ1n) is 13.6. The molecule has 2 aromatic heterocycles. The lowest BCUT2D eigenvalue weighted by molar-refractivity contribution is -0.192. The molecule has 11 nitrogen and oxygen atoms in total. The molecule has 2 aliphatic rings. The molecule has 0 radical (unpaired) electrons. The van der Waals surface area contributed by atoms with Gasteiger partial charge in [0.25, 0.3) is 0 Å². The monoisotopic (exact) mass is 614 g/mol. The average Bonchev–Trinajstić information content (AvgIpc) is 3.52. The number of aromatic nitrogens is 3. The molecule has 3 N–H and O–H groups in total. The molecule has 15 heteroatoms. The van der Waals surface area contributed by atoms with Crippen molar-refractivity contribution in [3.05, 3.63) is 35.3 Å². The molecule has 2 aliphatic heterocycles. The first-order valence-corrected chi connectivity index (χ1v) is 14.0. The van der Waals surface area contributed by atoms with Crippen LogP contribution in [0.2, 0.25) is 5.02 Å². The fourth-order valence-electron chi connectivity index (χ4n) is 5.36. The average molecular weight is 615 g/mol. The van der Waals surface area contributed by atoms with Crippen molar-refractivity contribution >= 4 is 34.4 Å². The molecule has 0 saturated carbocycles. The number of ether oxygens (including phenoxy) is 1. The summed E-state index contributed by atoms with van der Waals surface area (Å²) in [6, 6.07) is 6.40. The number of fused-ring (bicyclic) bond motifs is 1. The number of para-hydroxylation sites is 1. The summed E-state index contributed by atoms with van der Waals surface area (Å²) in [5.41, 5.74) is 7.34. The van der Waals surface area contributed by atoms with E-state index in [0.717, 1.165) is 67.2 Å². The number of hydrogen-bond acceptors (Lipinski definition) is 8. The molecule has 42 heavy (non-hydrogen) atoms. The molecule has 2 saturated heterocycles. The summed E-state index contributed by atoms with van der Waals surface area (Å²) in [6.07, 6.45) is -0.877. The summed E-state index contributed by atoms with van der Waals surface area (Å²) in [6.45, 7) is 9.17. The number of aliphatic carboxylic acids is 1. The second kappa shape index (κ2) is 13.4. The van der Waals surface area contributed by atoms with Crippen LogP contribution in [-0.4, -0.2) is 92.6 Å². The van der Waals surface area contributed by atoms with E-state index in [4.69, 9.17) is 41.5 Å². The zero-order chi connectivity index (χ0) is 30.6. The van der Waals surface area contributed by atoms with Gasteiger partial charge in [0.15, 0.2) is 0 Å². The maximum atomic E-state index is 11.4. The molecular formula is C27H34ClF3N6O5. The van der Waals surface area contributed by atoms with Crippen molar-refractivity contribution in [1.82, 2.24) is 24.5 Å². The Hall–Kier alpha value is -3.20. The van der Waals surface area contributed by atoms with Crippen LogP contribution in [0.3, 0.4) is 0 Å². The molecule has 0 bridgehead atoms. The molecule has 2 atom stereocenters. The number of nitrogens with zero attached hydrogens (tertiary/aromatic N) is 5. The second-order valence-electron chi connectivity index (χ2n) is 10.7. The van der Waals surface area contributed by atoms with Gasteiger partial charge in [-0.15, -0.1) is 0 Å². The van der Waals surface area contributed by atoms with Crippen LogP contribution in [0.5, 0.6) is 0 Å². The minimum absolute atomic E-state index is 0.214. The van der Waals surface area contributed by atoms with E-state index in [1.54, 1.807) is 0 Å². The number of alkyl halides is 3. The number of rotatable bonds is 7. The number of carboxylic acid groups (broad SMARTS) is 1. The van der Waals surface area contributed by atoms with Crippen molar-refractivity contribution in [3.63, 3.8) is 0 Å². The third-order valence-corrected chi connectivity index (χ3v) is 7.84. The van der Waals surface area contributed by atoms with Crippen molar-refractivity contribution in [3.8, 4) is 11.4 Å². The predicted octanol–water partition coefficient (Wildman–Crippen LogP) is 3.78. The molecule has 0 unspecified atom stereocenters. The van der Waals surface area contributed by atoms with E-state index < -0.39 is 12.1 Å². The Morgan fingerprint density at radius 3 is 2.43 bits per heavy atom. The molecule has 2 fully saturated rings. The van der Waals surface area contributed by atoms with Crippen LogP contribution in [0.25, 0.3) is 22.3 Å². The maximum Gasteiger partial charge on any atom is 0.490 e. The van der Waals surface area contributed by atoms with Crippen LogP contribution >= 0.6 is 11.6 Å². The Labute approximate surface area is 245 Å². The lowest BCUT2D eigenvalue weighted by atomic mass is 10.0. The van der Waals surface area contributed by atoms with Gasteiger partial charge >= 0.3 is 12.1 Å². The topological polar surface area (TPSA) is 140 Å². The Bertz CT molecular complexity index is 1390. The maximum absolute atomic E-state index is 11.4.